The number of phenolic OH excluding ortho intramolecular Hbond substituents is 1. The molecule has 2 unspecified atom stereocenters. The second-order valence-corrected chi connectivity index (χ2v) is 12.9. The number of phenols is 1. The van der Waals surface area contributed by atoms with E-state index < -0.39 is 34.9 Å². The van der Waals surface area contributed by atoms with Gasteiger partial charge in [0, 0.05) is 11.1 Å². The van der Waals surface area contributed by atoms with E-state index in [4.69, 9.17) is 4.74 Å². The van der Waals surface area contributed by atoms with E-state index in [1.807, 2.05) is 55.4 Å². The molecule has 0 radical (unpaired) electrons. The average molecular weight is 520 g/mol. The van der Waals surface area contributed by atoms with Crippen molar-refractivity contribution < 1.29 is 24.2 Å². The molecule has 0 aromatic heterocycles. The van der Waals surface area contributed by atoms with Gasteiger partial charge in [-0.15, -0.1) is 0 Å². The summed E-state index contributed by atoms with van der Waals surface area (Å²) in [6.45, 7) is 22.4. The molecule has 8 heteroatoms. The van der Waals surface area contributed by atoms with Crippen LogP contribution in [-0.2, 0) is 14.3 Å². The third-order valence-corrected chi connectivity index (χ3v) is 5.99. The number of carbonyl (C=O) groups is 3. The van der Waals surface area contributed by atoms with Gasteiger partial charge in [-0.3, -0.25) is 9.59 Å². The molecule has 0 spiro atoms. The molecule has 0 aliphatic carbocycles. The minimum absolute atomic E-state index is 0.0910. The molecule has 0 bridgehead atoms. The van der Waals surface area contributed by atoms with Gasteiger partial charge in [0.1, 0.15) is 23.4 Å². The van der Waals surface area contributed by atoms with E-state index in [-0.39, 0.29) is 23.5 Å². The van der Waals surface area contributed by atoms with Gasteiger partial charge in [-0.2, -0.15) is 0 Å². The van der Waals surface area contributed by atoms with Crippen molar-refractivity contribution in [3.63, 3.8) is 0 Å². The Bertz CT molecular complexity index is 957. The lowest BCUT2D eigenvalue weighted by atomic mass is 9.90. The zero-order chi connectivity index (χ0) is 28.9. The van der Waals surface area contributed by atoms with Crippen LogP contribution in [0.3, 0.4) is 0 Å². The van der Waals surface area contributed by atoms with E-state index in [1.165, 1.54) is 6.07 Å². The van der Waals surface area contributed by atoms with Crippen LogP contribution in [0.1, 0.15) is 106 Å². The molecule has 0 heterocycles. The Kier molecular flexibility index (Phi) is 10.6. The molecule has 0 aliphatic rings. The highest BCUT2D eigenvalue weighted by Gasteiger charge is 2.44. The Morgan fingerprint density at radius 1 is 1.03 bits per heavy atom. The third-order valence-electron chi connectivity index (χ3n) is 5.99. The van der Waals surface area contributed by atoms with Crippen molar-refractivity contribution in [2.75, 3.05) is 0 Å². The number of amides is 3. The maximum absolute atomic E-state index is 14.3. The van der Waals surface area contributed by atoms with Crippen LogP contribution in [0.15, 0.2) is 18.2 Å². The van der Waals surface area contributed by atoms with Gasteiger partial charge in [-0.1, -0.05) is 26.8 Å². The first-order valence-corrected chi connectivity index (χ1v) is 13.1. The Morgan fingerprint density at radius 2 is 1.59 bits per heavy atom. The van der Waals surface area contributed by atoms with Crippen molar-refractivity contribution >= 4 is 17.9 Å². The highest BCUT2D eigenvalue weighted by Crippen LogP contribution is 2.34. The molecule has 37 heavy (non-hydrogen) atoms. The van der Waals surface area contributed by atoms with Crippen molar-refractivity contribution in [2.24, 2.45) is 5.92 Å². The molecule has 3 N–H and O–H groups in total. The first-order valence-electron chi connectivity index (χ1n) is 13.1. The largest absolute Gasteiger partial charge is 0.508 e. The summed E-state index contributed by atoms with van der Waals surface area (Å²) >= 11 is 0. The Balaban J connectivity index is 3.73. The number of ether oxygens (including phenoxy) is 1. The van der Waals surface area contributed by atoms with Crippen molar-refractivity contribution in [1.29, 1.82) is 0 Å². The van der Waals surface area contributed by atoms with Crippen LogP contribution < -0.4 is 10.6 Å². The summed E-state index contributed by atoms with van der Waals surface area (Å²) in [7, 11) is 0. The molecule has 3 amide bonds. The fourth-order valence-corrected chi connectivity index (χ4v) is 3.96. The number of benzene rings is 1. The standard InChI is InChI=1S/C29H49N3O5/c1-13-29(11,12)32(25(35)21(16-18(2)3)30-26(36)37-28(8,9)10)23(24(34)31-27(5,6)7)20-14-15-22(33)19(4)17-20/h14-15,17-18,21,23,33H,13,16H2,1-12H3,(H,30,36)(H,31,34). The minimum Gasteiger partial charge on any atom is -0.508 e. The zero-order valence-corrected chi connectivity index (χ0v) is 24.9. The van der Waals surface area contributed by atoms with Gasteiger partial charge >= 0.3 is 6.09 Å². The number of aryl methyl sites for hydroxylation is 1. The Labute approximate surface area is 223 Å². The van der Waals surface area contributed by atoms with Gasteiger partial charge < -0.3 is 25.4 Å². The third kappa shape index (κ3) is 9.90. The smallest absolute Gasteiger partial charge is 0.408 e. The van der Waals surface area contributed by atoms with Gasteiger partial charge in [0.05, 0.1) is 0 Å². The number of hydrogen-bond acceptors (Lipinski definition) is 5. The van der Waals surface area contributed by atoms with Gasteiger partial charge in [0.2, 0.25) is 11.8 Å². The molecule has 2 atom stereocenters. The van der Waals surface area contributed by atoms with Crippen LogP contribution in [0.5, 0.6) is 5.75 Å². The maximum atomic E-state index is 14.3. The summed E-state index contributed by atoms with van der Waals surface area (Å²) < 4.78 is 5.45. The second kappa shape index (κ2) is 12.2. The van der Waals surface area contributed by atoms with Gasteiger partial charge in [-0.25, -0.2) is 4.79 Å². The summed E-state index contributed by atoms with van der Waals surface area (Å²) in [6, 6.07) is 3.04. The lowest BCUT2D eigenvalue weighted by Crippen LogP contribution is -2.60. The first kappa shape index (κ1) is 32.3. The number of hydrogen-bond donors (Lipinski definition) is 3. The predicted molar refractivity (Wildman–Crippen MR) is 147 cm³/mol. The van der Waals surface area contributed by atoms with Gasteiger partial charge in [0.25, 0.3) is 0 Å². The number of alkyl carbamates (subject to hydrolysis) is 1. The van der Waals surface area contributed by atoms with Crippen molar-refractivity contribution in [2.45, 2.75) is 125 Å². The summed E-state index contributed by atoms with van der Waals surface area (Å²) in [4.78, 5) is 42.5. The number of rotatable bonds is 9. The minimum atomic E-state index is -0.990. The van der Waals surface area contributed by atoms with Crippen LogP contribution in [0.4, 0.5) is 4.79 Å². The van der Waals surface area contributed by atoms with Crippen LogP contribution >= 0.6 is 0 Å². The number of nitrogens with zero attached hydrogens (tertiary/aromatic N) is 1. The first-order chi connectivity index (χ1) is 16.7. The number of nitrogens with one attached hydrogen (secondary N) is 2. The Morgan fingerprint density at radius 3 is 2.03 bits per heavy atom. The maximum Gasteiger partial charge on any atom is 0.408 e. The Hall–Kier alpha value is -2.77. The molecule has 1 rings (SSSR count). The van der Waals surface area contributed by atoms with Gasteiger partial charge in [-0.05, 0) is 104 Å². The molecule has 8 nitrogen and oxygen atoms in total. The molecule has 1 aromatic carbocycles. The lowest BCUT2D eigenvalue weighted by Gasteiger charge is -2.45. The molecule has 1 aromatic rings. The quantitative estimate of drug-likeness (QED) is 0.393. The summed E-state index contributed by atoms with van der Waals surface area (Å²) in [6.07, 6.45) is 0.254. The second-order valence-electron chi connectivity index (χ2n) is 12.9. The number of aromatic hydroxyl groups is 1. The van der Waals surface area contributed by atoms with E-state index in [2.05, 4.69) is 10.6 Å². The zero-order valence-electron chi connectivity index (χ0n) is 24.9. The van der Waals surface area contributed by atoms with Crippen LogP contribution in [0.25, 0.3) is 0 Å². The van der Waals surface area contributed by atoms with Crippen molar-refractivity contribution in [1.82, 2.24) is 15.5 Å². The van der Waals surface area contributed by atoms with E-state index >= 15 is 0 Å². The molecule has 0 saturated carbocycles. The topological polar surface area (TPSA) is 108 Å². The average Bonchev–Trinajstić information content (AvgIpc) is 2.69. The molecule has 0 aliphatic heterocycles. The van der Waals surface area contributed by atoms with Crippen molar-refractivity contribution in [3.05, 3.63) is 29.3 Å². The van der Waals surface area contributed by atoms with E-state index in [1.54, 1.807) is 44.7 Å². The van der Waals surface area contributed by atoms with Crippen molar-refractivity contribution in [3.8, 4) is 5.75 Å². The summed E-state index contributed by atoms with van der Waals surface area (Å²) in [5.74, 6) is -0.511. The summed E-state index contributed by atoms with van der Waals surface area (Å²) in [5, 5.41) is 15.9. The number of carbonyl (C=O) groups excluding carboxylic acids is 3. The van der Waals surface area contributed by atoms with E-state index in [0.717, 1.165) is 0 Å². The van der Waals surface area contributed by atoms with E-state index in [0.29, 0.717) is 24.0 Å². The molecule has 210 valence electrons. The van der Waals surface area contributed by atoms with Crippen LogP contribution in [0, 0.1) is 12.8 Å². The van der Waals surface area contributed by atoms with Crippen LogP contribution in [-0.4, -0.2) is 50.6 Å². The van der Waals surface area contributed by atoms with Crippen LogP contribution in [0.2, 0.25) is 0 Å². The molecule has 0 saturated heterocycles. The van der Waals surface area contributed by atoms with Gasteiger partial charge in [0.15, 0.2) is 0 Å². The molecular formula is C29H49N3O5. The fourth-order valence-electron chi connectivity index (χ4n) is 3.96. The highest BCUT2D eigenvalue weighted by molar-refractivity contribution is 5.93. The van der Waals surface area contributed by atoms with E-state index in [9.17, 15) is 19.5 Å². The molecular weight excluding hydrogens is 470 g/mol. The monoisotopic (exact) mass is 519 g/mol. The summed E-state index contributed by atoms with van der Waals surface area (Å²) in [5.41, 5.74) is -0.839. The highest BCUT2D eigenvalue weighted by atomic mass is 16.6. The normalized spacial score (nSPS) is 14.1. The SMILES string of the molecule is CCC(C)(C)N(C(=O)C(CC(C)C)NC(=O)OC(C)(C)C)C(C(=O)NC(C)(C)C)c1ccc(O)c(C)c1. The predicted octanol–water partition coefficient (Wildman–Crippen LogP) is 5.61. The lowest BCUT2D eigenvalue weighted by molar-refractivity contribution is -0.150. The molecule has 0 fully saturated rings. The fraction of sp³-hybridized carbons (Fsp3) is 0.690.